The smallest absolute Gasteiger partial charge is 0.186 e. The second kappa shape index (κ2) is 10.5. The second-order valence-corrected chi connectivity index (χ2v) is 14.0. The molecule has 3 nitrogen and oxygen atoms in total. The number of ketones is 1. The van der Waals surface area contributed by atoms with Crippen LogP contribution in [0.1, 0.15) is 77.3 Å². The van der Waals surface area contributed by atoms with Gasteiger partial charge in [-0.2, -0.15) is 0 Å². The molecule has 0 amide bonds. The average molecular weight is 539 g/mol. The number of Topliss-reactive ketones (excluding diaryl/α,β-unsaturated/α-hetero) is 1. The fourth-order valence-corrected chi connectivity index (χ4v) is 6.87. The predicted molar refractivity (Wildman–Crippen MR) is 168 cm³/mol. The molecule has 39 heavy (non-hydrogen) atoms. The van der Waals surface area contributed by atoms with Crippen molar-refractivity contribution < 1.29 is 4.79 Å². The molecule has 2 aliphatic carbocycles. The van der Waals surface area contributed by atoms with Crippen LogP contribution < -0.4 is 5.43 Å². The quantitative estimate of drug-likeness (QED) is 0.328. The zero-order chi connectivity index (χ0) is 27.9. The molecule has 204 valence electrons. The summed E-state index contributed by atoms with van der Waals surface area (Å²) >= 11 is 1.82. The first-order valence-electron chi connectivity index (χ1n) is 14.3. The first-order valence-corrected chi connectivity index (χ1v) is 15.2. The lowest BCUT2D eigenvalue weighted by Gasteiger charge is -2.34. The number of nitrogens with zero attached hydrogens (tertiary/aromatic N) is 1. The van der Waals surface area contributed by atoms with E-state index in [9.17, 15) is 4.79 Å². The summed E-state index contributed by atoms with van der Waals surface area (Å²) in [6.45, 7) is 15.8. The number of allylic oxidation sites excluding steroid dienone is 5. The van der Waals surface area contributed by atoms with Crippen LogP contribution >= 0.6 is 11.3 Å². The molecule has 2 aliphatic rings. The fourth-order valence-electron chi connectivity index (χ4n) is 5.73. The van der Waals surface area contributed by atoms with Gasteiger partial charge in [-0.05, 0) is 90.3 Å². The van der Waals surface area contributed by atoms with Gasteiger partial charge in [0.15, 0.2) is 5.78 Å². The average Bonchev–Trinajstić information content (AvgIpc) is 3.31. The lowest BCUT2D eigenvalue weighted by molar-refractivity contribution is -0.114. The van der Waals surface area contributed by atoms with Crippen molar-refractivity contribution in [1.82, 2.24) is 5.01 Å². The standard InChI is InChI=1S/C35H42N2OS/c1-8-37(36-29-18-13-16-23-14-9-11-17-26(23)29)32(31-22-24-15-10-12-19-30(24)39-31)25-20-27(34(2,3)4)33(38)28(21-25)35(5,6)7/h10,12-13,15-16,18-22,36H,8-9,11,14,17H2,1-7H3. The summed E-state index contributed by atoms with van der Waals surface area (Å²) in [5.74, 6) is 0.169. The zero-order valence-corrected chi connectivity index (χ0v) is 25.4. The highest BCUT2D eigenvalue weighted by Gasteiger charge is 2.35. The summed E-state index contributed by atoms with van der Waals surface area (Å²) < 4.78 is 1.27. The highest BCUT2D eigenvalue weighted by Crippen LogP contribution is 2.43. The van der Waals surface area contributed by atoms with Gasteiger partial charge in [0.05, 0.1) is 16.3 Å². The van der Waals surface area contributed by atoms with Crippen molar-refractivity contribution in [1.29, 1.82) is 0 Å². The molecule has 0 aliphatic heterocycles. The number of nitrogens with one attached hydrogen (secondary N) is 1. The van der Waals surface area contributed by atoms with Crippen molar-refractivity contribution in [2.45, 2.75) is 74.1 Å². The third-order valence-electron chi connectivity index (χ3n) is 7.87. The highest BCUT2D eigenvalue weighted by atomic mass is 32.1. The molecular formula is C35H42N2OS. The van der Waals surface area contributed by atoms with Crippen LogP contribution in [-0.4, -0.2) is 17.3 Å². The van der Waals surface area contributed by atoms with Crippen LogP contribution in [0.4, 0.5) is 5.69 Å². The van der Waals surface area contributed by atoms with Gasteiger partial charge in [0, 0.05) is 28.0 Å². The Balaban J connectivity index is 1.75. The molecule has 2 aromatic carbocycles. The number of hydrogen-bond acceptors (Lipinski definition) is 4. The van der Waals surface area contributed by atoms with E-state index in [0.717, 1.165) is 41.8 Å². The largest absolute Gasteiger partial charge is 0.298 e. The van der Waals surface area contributed by atoms with E-state index in [2.05, 4.69) is 120 Å². The van der Waals surface area contributed by atoms with Crippen LogP contribution in [0.15, 0.2) is 77.4 Å². The Morgan fingerprint density at radius 3 is 2.21 bits per heavy atom. The van der Waals surface area contributed by atoms with Crippen molar-refractivity contribution in [3.05, 3.63) is 93.4 Å². The maximum absolute atomic E-state index is 13.8. The Morgan fingerprint density at radius 1 is 0.897 bits per heavy atom. The number of carbonyl (C=O) groups excluding carboxylic acids is 1. The number of rotatable bonds is 5. The Hall–Kier alpha value is -3.11. The molecule has 0 saturated carbocycles. The molecule has 3 aromatic rings. The van der Waals surface area contributed by atoms with Crippen molar-refractivity contribution in [2.24, 2.45) is 10.8 Å². The number of thiophene rings is 1. The zero-order valence-electron chi connectivity index (χ0n) is 24.6. The van der Waals surface area contributed by atoms with E-state index in [1.165, 1.54) is 44.6 Å². The van der Waals surface area contributed by atoms with Crippen LogP contribution in [0.5, 0.6) is 0 Å². The molecule has 0 bridgehead atoms. The summed E-state index contributed by atoms with van der Waals surface area (Å²) in [5.41, 5.74) is 11.4. The minimum Gasteiger partial charge on any atom is -0.298 e. The maximum atomic E-state index is 13.8. The van der Waals surface area contributed by atoms with Crippen LogP contribution in [-0.2, 0) is 17.6 Å². The van der Waals surface area contributed by atoms with Gasteiger partial charge < -0.3 is 0 Å². The van der Waals surface area contributed by atoms with E-state index in [4.69, 9.17) is 0 Å². The van der Waals surface area contributed by atoms with E-state index in [1.54, 1.807) is 0 Å². The molecule has 1 heterocycles. The fraction of sp³-hybridized carbons (Fsp3) is 0.400. The van der Waals surface area contributed by atoms with Gasteiger partial charge in [0.2, 0.25) is 0 Å². The van der Waals surface area contributed by atoms with Crippen LogP contribution in [0.25, 0.3) is 15.8 Å². The van der Waals surface area contributed by atoms with Gasteiger partial charge in [-0.1, -0.05) is 71.9 Å². The SMILES string of the molecule is CCN(Nc1cccc2c1CCCC2)C(=C1C=C(C(C)(C)C)C(=O)C(C(C)(C)C)=C1)c1cc2ccccc2s1. The number of benzene rings is 2. The molecule has 0 atom stereocenters. The summed E-state index contributed by atoms with van der Waals surface area (Å²) in [4.78, 5) is 15.0. The monoisotopic (exact) mass is 538 g/mol. The Labute approximate surface area is 238 Å². The Morgan fingerprint density at radius 2 is 1.56 bits per heavy atom. The molecule has 4 heteroatoms. The van der Waals surface area contributed by atoms with E-state index in [0.29, 0.717) is 0 Å². The highest BCUT2D eigenvalue weighted by molar-refractivity contribution is 7.20. The number of hydrogen-bond donors (Lipinski definition) is 1. The second-order valence-electron chi connectivity index (χ2n) is 12.9. The molecular weight excluding hydrogens is 496 g/mol. The number of hydrazine groups is 1. The minimum atomic E-state index is -0.263. The Kier molecular flexibility index (Phi) is 7.37. The van der Waals surface area contributed by atoms with E-state index in [-0.39, 0.29) is 16.6 Å². The molecule has 5 rings (SSSR count). The van der Waals surface area contributed by atoms with Crippen molar-refractivity contribution >= 4 is 38.6 Å². The molecule has 1 N–H and O–H groups in total. The lowest BCUT2D eigenvalue weighted by atomic mass is 9.71. The van der Waals surface area contributed by atoms with Gasteiger partial charge in [0.25, 0.3) is 0 Å². The molecule has 0 fully saturated rings. The summed E-state index contributed by atoms with van der Waals surface area (Å²) in [7, 11) is 0. The number of anilines is 1. The van der Waals surface area contributed by atoms with E-state index >= 15 is 0 Å². The third-order valence-corrected chi connectivity index (χ3v) is 9.00. The summed E-state index contributed by atoms with van der Waals surface area (Å²) in [5, 5.41) is 3.55. The first kappa shape index (κ1) is 27.5. The minimum absolute atomic E-state index is 0.169. The Bertz CT molecular complexity index is 1430. The van der Waals surface area contributed by atoms with E-state index in [1.807, 2.05) is 11.3 Å². The topological polar surface area (TPSA) is 32.3 Å². The van der Waals surface area contributed by atoms with E-state index < -0.39 is 0 Å². The normalized spacial score (nSPS) is 16.1. The van der Waals surface area contributed by atoms with Gasteiger partial charge in [-0.3, -0.25) is 15.2 Å². The molecule has 0 unspecified atom stereocenters. The van der Waals surface area contributed by atoms with Gasteiger partial charge in [-0.25, -0.2) is 0 Å². The summed E-state index contributed by atoms with van der Waals surface area (Å²) in [6, 6.07) is 17.6. The van der Waals surface area contributed by atoms with Gasteiger partial charge >= 0.3 is 0 Å². The number of aryl methyl sites for hydroxylation is 1. The first-order chi connectivity index (χ1) is 18.5. The maximum Gasteiger partial charge on any atom is 0.186 e. The molecule has 1 aromatic heterocycles. The van der Waals surface area contributed by atoms with Crippen LogP contribution in [0.3, 0.4) is 0 Å². The molecule has 0 saturated heterocycles. The third kappa shape index (κ3) is 5.49. The summed E-state index contributed by atoms with van der Waals surface area (Å²) in [6.07, 6.45) is 9.07. The molecule has 0 spiro atoms. The van der Waals surface area contributed by atoms with Gasteiger partial charge in [0.1, 0.15) is 0 Å². The van der Waals surface area contributed by atoms with Gasteiger partial charge in [-0.15, -0.1) is 11.3 Å². The number of fused-ring (bicyclic) bond motifs is 2. The lowest BCUT2D eigenvalue weighted by Crippen LogP contribution is -2.32. The predicted octanol–water partition coefficient (Wildman–Crippen LogP) is 9.37. The van der Waals surface area contributed by atoms with Crippen LogP contribution in [0.2, 0.25) is 0 Å². The number of carbonyl (C=O) groups is 1. The molecule has 0 radical (unpaired) electrons. The van der Waals surface area contributed by atoms with Crippen molar-refractivity contribution in [3.8, 4) is 0 Å². The van der Waals surface area contributed by atoms with Crippen molar-refractivity contribution in [3.63, 3.8) is 0 Å². The van der Waals surface area contributed by atoms with Crippen LogP contribution in [0, 0.1) is 10.8 Å². The van der Waals surface area contributed by atoms with Crippen molar-refractivity contribution in [2.75, 3.05) is 12.0 Å².